The summed E-state index contributed by atoms with van der Waals surface area (Å²) in [6.45, 7) is 0. The lowest BCUT2D eigenvalue weighted by Crippen LogP contribution is -2.33. The molecule has 108 valence electrons. The Balaban J connectivity index is 2.09. The predicted octanol–water partition coefficient (Wildman–Crippen LogP) is -3.25. The van der Waals surface area contributed by atoms with Gasteiger partial charge in [0.05, 0.1) is 0 Å². The monoisotopic (exact) mass is 290 g/mol. The van der Waals surface area contributed by atoms with Gasteiger partial charge in [0.2, 0.25) is 29.6 Å². The fraction of sp³-hybridized carbons (Fsp3) is 0. The SMILES string of the molecule is N#Cc1nc(/N=C(\N)N/N=C(\N)n2nc(N)nc2N)n[nH]1. The summed E-state index contributed by atoms with van der Waals surface area (Å²) in [5, 5.41) is 21.9. The lowest BCUT2D eigenvalue weighted by atomic mass is 10.7. The summed E-state index contributed by atoms with van der Waals surface area (Å²) in [5.41, 5.74) is 24.3. The van der Waals surface area contributed by atoms with E-state index in [1.54, 1.807) is 6.07 Å². The summed E-state index contributed by atoms with van der Waals surface area (Å²) in [5.74, 6) is -0.489. The summed E-state index contributed by atoms with van der Waals surface area (Å²) in [6.07, 6.45) is 0. The second-order valence-corrected chi connectivity index (χ2v) is 3.41. The van der Waals surface area contributed by atoms with Gasteiger partial charge in [-0.05, 0) is 0 Å². The van der Waals surface area contributed by atoms with Crippen LogP contribution in [0.2, 0.25) is 0 Å². The summed E-state index contributed by atoms with van der Waals surface area (Å²) in [7, 11) is 0. The Kier molecular flexibility index (Phi) is 3.48. The van der Waals surface area contributed by atoms with Crippen LogP contribution in [0.1, 0.15) is 5.82 Å². The van der Waals surface area contributed by atoms with Crippen LogP contribution in [0, 0.1) is 11.3 Å². The van der Waals surface area contributed by atoms with Gasteiger partial charge in [0.15, 0.2) is 0 Å². The van der Waals surface area contributed by atoms with E-state index in [0.717, 1.165) is 4.68 Å². The van der Waals surface area contributed by atoms with Gasteiger partial charge in [-0.15, -0.1) is 15.3 Å². The smallest absolute Gasteiger partial charge is 0.272 e. The van der Waals surface area contributed by atoms with Gasteiger partial charge in [0, 0.05) is 0 Å². The molecule has 0 bridgehead atoms. The third kappa shape index (κ3) is 3.11. The maximum atomic E-state index is 8.56. The third-order valence-corrected chi connectivity index (χ3v) is 1.95. The highest BCUT2D eigenvalue weighted by Crippen LogP contribution is 2.01. The fourth-order valence-corrected chi connectivity index (χ4v) is 1.16. The maximum absolute atomic E-state index is 8.56. The van der Waals surface area contributed by atoms with Crippen LogP contribution < -0.4 is 28.4 Å². The Morgan fingerprint density at radius 3 is 2.67 bits per heavy atom. The van der Waals surface area contributed by atoms with E-state index in [-0.39, 0.29) is 35.6 Å². The van der Waals surface area contributed by atoms with Crippen molar-refractivity contribution in [3.05, 3.63) is 5.82 Å². The highest BCUT2D eigenvalue weighted by Gasteiger charge is 2.07. The zero-order chi connectivity index (χ0) is 15.4. The second kappa shape index (κ2) is 5.40. The number of nitrogens with one attached hydrogen (secondary N) is 2. The largest absolute Gasteiger partial charge is 0.368 e. The quantitative estimate of drug-likeness (QED) is 0.183. The number of nitrogens with zero attached hydrogens (tertiary/aromatic N) is 8. The van der Waals surface area contributed by atoms with Crippen molar-refractivity contribution in [2.75, 3.05) is 11.5 Å². The van der Waals surface area contributed by atoms with Crippen molar-refractivity contribution in [2.45, 2.75) is 0 Å². The highest BCUT2D eigenvalue weighted by atomic mass is 15.5. The Bertz CT molecular complexity index is 740. The van der Waals surface area contributed by atoms with Crippen LogP contribution in [-0.4, -0.2) is 41.9 Å². The molecule has 14 nitrogen and oxygen atoms in total. The predicted molar refractivity (Wildman–Crippen MR) is 71.4 cm³/mol. The number of nitrogens with two attached hydrogens (primary N) is 4. The first-order valence-corrected chi connectivity index (χ1v) is 5.24. The van der Waals surface area contributed by atoms with Crippen LogP contribution in [0.15, 0.2) is 10.1 Å². The molecular weight excluding hydrogens is 280 g/mol. The van der Waals surface area contributed by atoms with Gasteiger partial charge >= 0.3 is 0 Å². The molecule has 0 fully saturated rings. The standard InChI is InChI=1S/C7H10N14/c8-1-2-13-7(19-16-2)15-3(9)17-18-6(12)21-5(11)14-4(10)20-21/h(H2,12,18)(H4,10,11,14,20)(H4,9,13,15,16,17,19). The number of nitriles is 1. The Morgan fingerprint density at radius 2 is 2.10 bits per heavy atom. The molecule has 0 aliphatic rings. The van der Waals surface area contributed by atoms with E-state index in [4.69, 9.17) is 28.2 Å². The number of aliphatic imine (C=N–C) groups is 1. The minimum absolute atomic E-state index is 0.00423. The molecule has 0 aliphatic heterocycles. The van der Waals surface area contributed by atoms with Gasteiger partial charge in [-0.3, -0.25) is 0 Å². The molecule has 0 saturated heterocycles. The van der Waals surface area contributed by atoms with Gasteiger partial charge in [-0.25, -0.2) is 10.5 Å². The fourth-order valence-electron chi connectivity index (χ4n) is 1.16. The summed E-state index contributed by atoms with van der Waals surface area (Å²) >= 11 is 0. The van der Waals surface area contributed by atoms with E-state index in [2.05, 4.69) is 40.8 Å². The molecule has 0 atom stereocenters. The van der Waals surface area contributed by atoms with Crippen molar-refractivity contribution in [1.29, 1.82) is 5.26 Å². The minimum atomic E-state index is -0.173. The van der Waals surface area contributed by atoms with Gasteiger partial charge in [-0.1, -0.05) is 0 Å². The number of aromatic nitrogens is 6. The summed E-state index contributed by atoms with van der Waals surface area (Å²) < 4.78 is 0.996. The number of hydrazone groups is 1. The second-order valence-electron chi connectivity index (χ2n) is 3.41. The average molecular weight is 290 g/mol. The number of H-pyrrole nitrogens is 1. The number of hydrogen-bond donors (Lipinski definition) is 6. The molecular formula is C7H10N14. The van der Waals surface area contributed by atoms with E-state index in [1.165, 1.54) is 0 Å². The first kappa shape index (κ1) is 13.5. The molecule has 0 unspecified atom stereocenters. The molecule has 2 heterocycles. The van der Waals surface area contributed by atoms with E-state index < -0.39 is 0 Å². The van der Waals surface area contributed by atoms with Crippen molar-refractivity contribution in [1.82, 2.24) is 35.4 Å². The van der Waals surface area contributed by atoms with Crippen LogP contribution in [0.25, 0.3) is 0 Å². The van der Waals surface area contributed by atoms with E-state index in [1.807, 2.05) is 0 Å². The van der Waals surface area contributed by atoms with Crippen molar-refractivity contribution in [2.24, 2.45) is 21.6 Å². The Morgan fingerprint density at radius 1 is 1.33 bits per heavy atom. The molecule has 0 spiro atoms. The van der Waals surface area contributed by atoms with Gasteiger partial charge < -0.3 is 22.9 Å². The molecule has 0 aliphatic carbocycles. The summed E-state index contributed by atoms with van der Waals surface area (Å²) in [6, 6.07) is 1.75. The molecule has 2 aromatic rings. The third-order valence-electron chi connectivity index (χ3n) is 1.95. The summed E-state index contributed by atoms with van der Waals surface area (Å²) in [4.78, 5) is 11.1. The molecule has 10 N–H and O–H groups in total. The van der Waals surface area contributed by atoms with Gasteiger partial charge in [0.1, 0.15) is 6.07 Å². The van der Waals surface area contributed by atoms with Gasteiger partial charge in [0.25, 0.3) is 5.95 Å². The molecule has 2 aromatic heterocycles. The van der Waals surface area contributed by atoms with Gasteiger partial charge in [-0.2, -0.15) is 24.9 Å². The van der Waals surface area contributed by atoms with E-state index >= 15 is 0 Å². The van der Waals surface area contributed by atoms with Crippen molar-refractivity contribution in [3.8, 4) is 6.07 Å². The molecule has 0 radical (unpaired) electrons. The lowest BCUT2D eigenvalue weighted by Gasteiger charge is -2.02. The molecule has 0 aromatic carbocycles. The van der Waals surface area contributed by atoms with E-state index in [9.17, 15) is 0 Å². The number of guanidine groups is 1. The van der Waals surface area contributed by atoms with Crippen molar-refractivity contribution in [3.63, 3.8) is 0 Å². The Hall–Kier alpha value is -3.89. The van der Waals surface area contributed by atoms with Crippen LogP contribution in [0.5, 0.6) is 0 Å². The lowest BCUT2D eigenvalue weighted by molar-refractivity contribution is 0.890. The first-order chi connectivity index (χ1) is 9.99. The molecule has 14 heteroatoms. The van der Waals surface area contributed by atoms with Crippen LogP contribution >= 0.6 is 0 Å². The molecule has 0 saturated carbocycles. The topological polar surface area (TPSA) is 237 Å². The molecule has 2 rings (SSSR count). The molecule has 21 heavy (non-hydrogen) atoms. The zero-order valence-electron chi connectivity index (χ0n) is 10.4. The van der Waals surface area contributed by atoms with Crippen molar-refractivity contribution < 1.29 is 0 Å². The number of aromatic amines is 1. The Labute approximate surface area is 116 Å². The van der Waals surface area contributed by atoms with E-state index in [0.29, 0.717) is 0 Å². The normalized spacial score (nSPS) is 12.1. The average Bonchev–Trinajstić information content (AvgIpc) is 3.02. The van der Waals surface area contributed by atoms with Crippen LogP contribution in [0.3, 0.4) is 0 Å². The highest BCUT2D eigenvalue weighted by molar-refractivity contribution is 5.85. The molecule has 0 amide bonds. The van der Waals surface area contributed by atoms with Crippen LogP contribution in [-0.2, 0) is 0 Å². The van der Waals surface area contributed by atoms with Crippen LogP contribution in [0.4, 0.5) is 17.8 Å². The number of hydrogen-bond acceptors (Lipinski definition) is 9. The zero-order valence-corrected chi connectivity index (χ0v) is 10.4. The number of anilines is 2. The minimum Gasteiger partial charge on any atom is -0.368 e. The number of nitrogen functional groups attached to an aromatic ring is 2. The van der Waals surface area contributed by atoms with Crippen molar-refractivity contribution >= 4 is 29.8 Å². The first-order valence-electron chi connectivity index (χ1n) is 5.24. The number of rotatable bonds is 2. The maximum Gasteiger partial charge on any atom is 0.272 e.